The molecule has 0 radical (unpaired) electrons. The third-order valence-corrected chi connectivity index (χ3v) is 4.00. The van der Waals surface area contributed by atoms with E-state index in [1.54, 1.807) is 0 Å². The van der Waals surface area contributed by atoms with E-state index in [0.29, 0.717) is 17.7 Å². The summed E-state index contributed by atoms with van der Waals surface area (Å²) in [6.45, 7) is 6.29. The zero-order chi connectivity index (χ0) is 10.6. The maximum atomic E-state index is 11.7. The smallest absolute Gasteiger partial charge is 0.222 e. The molecule has 0 aliphatic carbocycles. The molecule has 1 heterocycles. The van der Waals surface area contributed by atoms with Crippen LogP contribution in [0.3, 0.4) is 0 Å². The molecule has 0 aromatic heterocycles. The highest BCUT2D eigenvalue weighted by atomic mass is 79.9. The van der Waals surface area contributed by atoms with Crippen LogP contribution in [0.1, 0.15) is 33.1 Å². The molecular weight excluding hydrogens is 242 g/mol. The van der Waals surface area contributed by atoms with Crippen molar-refractivity contribution in [1.82, 2.24) is 4.90 Å². The van der Waals surface area contributed by atoms with Gasteiger partial charge in [-0.05, 0) is 24.7 Å². The van der Waals surface area contributed by atoms with Gasteiger partial charge in [0.25, 0.3) is 0 Å². The van der Waals surface area contributed by atoms with Gasteiger partial charge in [0.15, 0.2) is 0 Å². The summed E-state index contributed by atoms with van der Waals surface area (Å²) < 4.78 is 0. The van der Waals surface area contributed by atoms with Crippen LogP contribution in [0, 0.1) is 11.8 Å². The monoisotopic (exact) mass is 261 g/mol. The first-order valence-corrected chi connectivity index (χ1v) is 6.59. The molecule has 0 N–H and O–H groups in total. The Balaban J connectivity index is 2.45. The van der Waals surface area contributed by atoms with Crippen LogP contribution >= 0.6 is 15.9 Å². The summed E-state index contributed by atoms with van der Waals surface area (Å²) in [5, 5.41) is 0.979. The van der Waals surface area contributed by atoms with Gasteiger partial charge in [0.1, 0.15) is 0 Å². The van der Waals surface area contributed by atoms with Crippen molar-refractivity contribution in [1.29, 1.82) is 0 Å². The van der Waals surface area contributed by atoms with Crippen LogP contribution in [0.4, 0.5) is 0 Å². The largest absolute Gasteiger partial charge is 0.342 e. The number of hydrogen-bond donors (Lipinski definition) is 0. The Morgan fingerprint density at radius 1 is 1.57 bits per heavy atom. The Hall–Kier alpha value is -0.0500. The van der Waals surface area contributed by atoms with Crippen LogP contribution < -0.4 is 0 Å². The lowest BCUT2D eigenvalue weighted by Gasteiger charge is -2.23. The Morgan fingerprint density at radius 2 is 2.29 bits per heavy atom. The maximum Gasteiger partial charge on any atom is 0.222 e. The summed E-state index contributed by atoms with van der Waals surface area (Å²) in [5.41, 5.74) is 0. The molecule has 82 valence electrons. The third-order valence-electron chi connectivity index (χ3n) is 2.89. The highest BCUT2D eigenvalue weighted by molar-refractivity contribution is 9.09. The number of carbonyl (C=O) groups is 1. The minimum Gasteiger partial charge on any atom is -0.342 e. The van der Waals surface area contributed by atoms with Crippen molar-refractivity contribution in [3.63, 3.8) is 0 Å². The zero-order valence-electron chi connectivity index (χ0n) is 9.13. The fourth-order valence-electron chi connectivity index (χ4n) is 1.79. The van der Waals surface area contributed by atoms with E-state index in [9.17, 15) is 4.79 Å². The summed E-state index contributed by atoms with van der Waals surface area (Å²) in [5.74, 6) is 1.62. The fraction of sp³-hybridized carbons (Fsp3) is 0.909. The molecule has 2 nitrogen and oxygen atoms in total. The van der Waals surface area contributed by atoms with Gasteiger partial charge in [-0.2, -0.15) is 0 Å². The molecule has 1 amide bonds. The molecule has 2 unspecified atom stereocenters. The van der Waals surface area contributed by atoms with Gasteiger partial charge in [-0.3, -0.25) is 4.79 Å². The van der Waals surface area contributed by atoms with Crippen molar-refractivity contribution >= 4 is 21.8 Å². The van der Waals surface area contributed by atoms with Crippen LogP contribution in [0.15, 0.2) is 0 Å². The molecule has 1 saturated heterocycles. The summed E-state index contributed by atoms with van der Waals surface area (Å²) in [6, 6.07) is 0. The number of nitrogens with zero attached hydrogens (tertiary/aromatic N) is 1. The maximum absolute atomic E-state index is 11.7. The van der Waals surface area contributed by atoms with Gasteiger partial charge in [0, 0.05) is 24.8 Å². The third kappa shape index (κ3) is 3.60. The first kappa shape index (κ1) is 12.0. The van der Waals surface area contributed by atoms with E-state index >= 15 is 0 Å². The number of likely N-dealkylation sites (tertiary alicyclic amines) is 1. The standard InChI is InChI=1S/C11H20BrNO/c1-9-3-4-11(14)13(6-5-9)8-10(2)7-12/h9-10H,3-8H2,1-2H3. The van der Waals surface area contributed by atoms with Gasteiger partial charge in [-0.25, -0.2) is 0 Å². The van der Waals surface area contributed by atoms with Gasteiger partial charge in [-0.1, -0.05) is 29.8 Å². The number of amides is 1. The van der Waals surface area contributed by atoms with Crippen LogP contribution in [-0.4, -0.2) is 29.2 Å². The molecular formula is C11H20BrNO. The molecule has 3 heteroatoms. The second-order valence-corrected chi connectivity index (χ2v) is 5.18. The van der Waals surface area contributed by atoms with E-state index < -0.39 is 0 Å². The Kier molecular flexibility index (Phi) is 4.93. The van der Waals surface area contributed by atoms with E-state index in [4.69, 9.17) is 0 Å². The normalized spacial score (nSPS) is 26.1. The van der Waals surface area contributed by atoms with E-state index in [0.717, 1.165) is 31.3 Å². The average Bonchev–Trinajstić information content (AvgIpc) is 2.33. The predicted octanol–water partition coefficient (Wildman–Crippen LogP) is 2.67. The molecule has 1 aliphatic rings. The summed E-state index contributed by atoms with van der Waals surface area (Å²) in [6.07, 6.45) is 2.98. The van der Waals surface area contributed by atoms with E-state index in [1.165, 1.54) is 6.42 Å². The number of alkyl halides is 1. The van der Waals surface area contributed by atoms with Gasteiger partial charge in [-0.15, -0.1) is 0 Å². The van der Waals surface area contributed by atoms with Crippen molar-refractivity contribution in [3.8, 4) is 0 Å². The first-order valence-electron chi connectivity index (χ1n) is 5.47. The molecule has 2 atom stereocenters. The first-order chi connectivity index (χ1) is 6.63. The topological polar surface area (TPSA) is 20.3 Å². The lowest BCUT2D eigenvalue weighted by Crippen LogP contribution is -2.34. The summed E-state index contributed by atoms with van der Waals surface area (Å²) in [4.78, 5) is 13.8. The number of rotatable bonds is 3. The molecule has 1 fully saturated rings. The second kappa shape index (κ2) is 5.74. The minimum atomic E-state index is 0.349. The van der Waals surface area contributed by atoms with Crippen LogP contribution in [0.5, 0.6) is 0 Å². The zero-order valence-corrected chi connectivity index (χ0v) is 10.7. The highest BCUT2D eigenvalue weighted by Gasteiger charge is 2.20. The highest BCUT2D eigenvalue weighted by Crippen LogP contribution is 2.18. The fourth-order valence-corrected chi connectivity index (χ4v) is 2.00. The number of carbonyl (C=O) groups excluding carboxylic acids is 1. The van der Waals surface area contributed by atoms with E-state index in [-0.39, 0.29) is 0 Å². The molecule has 1 rings (SSSR count). The van der Waals surface area contributed by atoms with Crippen LogP contribution in [-0.2, 0) is 4.79 Å². The number of halogens is 1. The summed E-state index contributed by atoms with van der Waals surface area (Å²) >= 11 is 3.45. The molecule has 0 spiro atoms. The molecule has 0 saturated carbocycles. The van der Waals surface area contributed by atoms with Crippen LogP contribution in [0.2, 0.25) is 0 Å². The molecule has 14 heavy (non-hydrogen) atoms. The van der Waals surface area contributed by atoms with Crippen molar-refractivity contribution in [2.45, 2.75) is 33.1 Å². The second-order valence-electron chi connectivity index (χ2n) is 4.53. The number of hydrogen-bond acceptors (Lipinski definition) is 1. The summed E-state index contributed by atoms with van der Waals surface area (Å²) in [7, 11) is 0. The van der Waals surface area contributed by atoms with Gasteiger partial charge < -0.3 is 4.90 Å². The Morgan fingerprint density at radius 3 is 2.93 bits per heavy atom. The predicted molar refractivity (Wildman–Crippen MR) is 62.6 cm³/mol. The van der Waals surface area contributed by atoms with Gasteiger partial charge in [0.05, 0.1) is 0 Å². The Labute approximate surface area is 95.2 Å². The molecule has 0 aromatic carbocycles. The van der Waals surface area contributed by atoms with E-state index in [2.05, 4.69) is 29.8 Å². The van der Waals surface area contributed by atoms with Crippen molar-refractivity contribution in [2.75, 3.05) is 18.4 Å². The SMILES string of the molecule is CC1CCC(=O)N(CC(C)CBr)CC1. The van der Waals surface area contributed by atoms with Crippen molar-refractivity contribution in [2.24, 2.45) is 11.8 Å². The minimum absolute atomic E-state index is 0.349. The lowest BCUT2D eigenvalue weighted by atomic mass is 10.0. The van der Waals surface area contributed by atoms with Gasteiger partial charge in [0.2, 0.25) is 5.91 Å². The lowest BCUT2D eigenvalue weighted by molar-refractivity contribution is -0.131. The molecule has 0 aromatic rings. The van der Waals surface area contributed by atoms with Gasteiger partial charge >= 0.3 is 0 Å². The Bertz CT molecular complexity index is 196. The van der Waals surface area contributed by atoms with Crippen molar-refractivity contribution in [3.05, 3.63) is 0 Å². The molecule has 1 aliphatic heterocycles. The van der Waals surface area contributed by atoms with Crippen molar-refractivity contribution < 1.29 is 4.79 Å². The van der Waals surface area contributed by atoms with Crippen LogP contribution in [0.25, 0.3) is 0 Å². The average molecular weight is 262 g/mol. The quantitative estimate of drug-likeness (QED) is 0.716. The molecule has 0 bridgehead atoms. The van der Waals surface area contributed by atoms with E-state index in [1.807, 2.05) is 4.90 Å².